The molecule has 1 fully saturated rings. The van der Waals surface area contributed by atoms with E-state index in [2.05, 4.69) is 10.4 Å². The number of fused-ring (bicyclic) bond motifs is 1. The minimum absolute atomic E-state index is 0.0272. The summed E-state index contributed by atoms with van der Waals surface area (Å²) in [5, 5.41) is 7.32. The summed E-state index contributed by atoms with van der Waals surface area (Å²) < 4.78 is 19.1. The number of hydrogen-bond donors (Lipinski definition) is 1. The summed E-state index contributed by atoms with van der Waals surface area (Å²) in [7, 11) is 0. The largest absolute Gasteiger partial charge is 0.485 e. The first-order chi connectivity index (χ1) is 15.6. The standard InChI is InChI=1S/C24H25N3O5/c1-15-13-20(21-14-30-18-5-2-3-6-19(18)31-21)32-24(29)22(15)23(28)26-16-7-9-17(10-8-16)27-12-4-11-25-27/h2-6,11-13,16-17,21H,7-10,14H2,1H3,(H,26,28). The second kappa shape index (κ2) is 8.53. The van der Waals surface area contributed by atoms with E-state index in [1.54, 1.807) is 25.3 Å². The van der Waals surface area contributed by atoms with Crippen LogP contribution in [0.5, 0.6) is 11.5 Å². The van der Waals surface area contributed by atoms with Crippen LogP contribution in [0.4, 0.5) is 0 Å². The van der Waals surface area contributed by atoms with E-state index in [9.17, 15) is 9.59 Å². The minimum Gasteiger partial charge on any atom is -0.485 e. The fourth-order valence-corrected chi connectivity index (χ4v) is 4.46. The summed E-state index contributed by atoms with van der Waals surface area (Å²) in [6.45, 7) is 1.96. The Morgan fingerprint density at radius 1 is 1.12 bits per heavy atom. The van der Waals surface area contributed by atoms with Gasteiger partial charge >= 0.3 is 5.63 Å². The second-order valence-electron chi connectivity index (χ2n) is 8.32. The highest BCUT2D eigenvalue weighted by atomic mass is 16.6. The molecule has 1 unspecified atom stereocenters. The monoisotopic (exact) mass is 435 g/mol. The molecule has 0 bridgehead atoms. The molecular formula is C24H25N3O5. The highest BCUT2D eigenvalue weighted by Crippen LogP contribution is 2.36. The lowest BCUT2D eigenvalue weighted by Crippen LogP contribution is -2.40. The zero-order chi connectivity index (χ0) is 22.1. The van der Waals surface area contributed by atoms with Crippen LogP contribution in [0, 0.1) is 6.92 Å². The van der Waals surface area contributed by atoms with Crippen molar-refractivity contribution in [1.82, 2.24) is 15.1 Å². The summed E-state index contributed by atoms with van der Waals surface area (Å²) in [5.74, 6) is 1.20. The van der Waals surface area contributed by atoms with Crippen molar-refractivity contribution in [3.05, 3.63) is 76.1 Å². The first kappa shape index (κ1) is 20.4. The zero-order valence-electron chi connectivity index (χ0n) is 17.8. The summed E-state index contributed by atoms with van der Waals surface area (Å²) in [6, 6.07) is 11.3. The van der Waals surface area contributed by atoms with Gasteiger partial charge in [0.1, 0.15) is 12.2 Å². The quantitative estimate of drug-likeness (QED) is 0.673. The van der Waals surface area contributed by atoms with Gasteiger partial charge in [-0.05, 0) is 62.4 Å². The van der Waals surface area contributed by atoms with Crippen LogP contribution in [-0.2, 0) is 0 Å². The number of hydrogen-bond acceptors (Lipinski definition) is 6. The maximum atomic E-state index is 12.9. The lowest BCUT2D eigenvalue weighted by molar-refractivity contribution is 0.0721. The molecule has 3 aromatic rings. The van der Waals surface area contributed by atoms with Crippen molar-refractivity contribution in [1.29, 1.82) is 0 Å². The molecule has 2 aromatic heterocycles. The van der Waals surface area contributed by atoms with Gasteiger partial charge in [-0.3, -0.25) is 9.48 Å². The first-order valence-corrected chi connectivity index (χ1v) is 10.9. The SMILES string of the molecule is Cc1cc(C2COc3ccccc3O2)oc(=O)c1C(=O)NC1CCC(n2cccn2)CC1. The number of nitrogens with one attached hydrogen (secondary N) is 1. The molecule has 8 nitrogen and oxygen atoms in total. The van der Waals surface area contributed by atoms with E-state index in [1.807, 2.05) is 35.1 Å². The fourth-order valence-electron chi connectivity index (χ4n) is 4.46. The Bertz CT molecular complexity index is 1160. The number of nitrogens with zero attached hydrogens (tertiary/aromatic N) is 2. The van der Waals surface area contributed by atoms with Crippen LogP contribution >= 0.6 is 0 Å². The minimum atomic E-state index is -0.662. The summed E-state index contributed by atoms with van der Waals surface area (Å²) in [5.41, 5.74) is -0.0632. The number of ether oxygens (including phenoxy) is 2. The van der Waals surface area contributed by atoms with E-state index >= 15 is 0 Å². The lowest BCUT2D eigenvalue weighted by atomic mass is 9.91. The van der Waals surface area contributed by atoms with Gasteiger partial charge < -0.3 is 19.2 Å². The molecule has 1 aromatic carbocycles. The molecule has 1 saturated carbocycles. The fraction of sp³-hybridized carbons (Fsp3) is 0.375. The molecule has 0 spiro atoms. The van der Waals surface area contributed by atoms with Gasteiger partial charge in [0.05, 0.1) is 6.04 Å². The van der Waals surface area contributed by atoms with Crippen molar-refractivity contribution < 1.29 is 18.7 Å². The molecule has 1 N–H and O–H groups in total. The van der Waals surface area contributed by atoms with Gasteiger partial charge in [-0.25, -0.2) is 4.79 Å². The van der Waals surface area contributed by atoms with Crippen LogP contribution in [-0.4, -0.2) is 28.3 Å². The van der Waals surface area contributed by atoms with Crippen LogP contribution in [0.15, 0.2) is 58.0 Å². The van der Waals surface area contributed by atoms with Crippen LogP contribution in [0.2, 0.25) is 0 Å². The maximum Gasteiger partial charge on any atom is 0.349 e. The molecule has 8 heteroatoms. The van der Waals surface area contributed by atoms with Gasteiger partial charge in [-0.2, -0.15) is 5.10 Å². The molecule has 5 rings (SSSR count). The number of carbonyl (C=O) groups excluding carboxylic acids is 1. The molecule has 166 valence electrons. The van der Waals surface area contributed by atoms with Crippen LogP contribution in [0.25, 0.3) is 0 Å². The first-order valence-electron chi connectivity index (χ1n) is 10.9. The van der Waals surface area contributed by atoms with Crippen molar-refractivity contribution in [2.45, 2.75) is 50.8 Å². The van der Waals surface area contributed by atoms with Crippen molar-refractivity contribution >= 4 is 5.91 Å². The van der Waals surface area contributed by atoms with Crippen molar-refractivity contribution in [2.75, 3.05) is 6.61 Å². The molecule has 3 heterocycles. The van der Waals surface area contributed by atoms with E-state index in [0.717, 1.165) is 25.7 Å². The van der Waals surface area contributed by atoms with Gasteiger partial charge in [0.2, 0.25) is 0 Å². The van der Waals surface area contributed by atoms with Crippen molar-refractivity contribution in [3.8, 4) is 11.5 Å². The summed E-state index contributed by atoms with van der Waals surface area (Å²) in [6.07, 6.45) is 6.74. The summed E-state index contributed by atoms with van der Waals surface area (Å²) in [4.78, 5) is 25.6. The average Bonchev–Trinajstić information content (AvgIpc) is 3.34. The number of aromatic nitrogens is 2. The third kappa shape index (κ3) is 4.00. The Morgan fingerprint density at radius 3 is 2.62 bits per heavy atom. The Hall–Kier alpha value is -3.55. The third-order valence-electron chi connectivity index (χ3n) is 6.15. The van der Waals surface area contributed by atoms with Crippen molar-refractivity contribution in [3.63, 3.8) is 0 Å². The lowest BCUT2D eigenvalue weighted by Gasteiger charge is -2.29. The Labute approximate surface area is 185 Å². The molecule has 1 aliphatic carbocycles. The topological polar surface area (TPSA) is 95.6 Å². The number of carbonyl (C=O) groups is 1. The summed E-state index contributed by atoms with van der Waals surface area (Å²) >= 11 is 0. The zero-order valence-corrected chi connectivity index (χ0v) is 17.8. The number of para-hydroxylation sites is 2. The normalized spacial score (nSPS) is 22.3. The number of benzene rings is 1. The van der Waals surface area contributed by atoms with Crippen LogP contribution in [0.1, 0.15) is 59.5 Å². The number of aryl methyl sites for hydroxylation is 1. The van der Waals surface area contributed by atoms with Gasteiger partial charge in [0.15, 0.2) is 23.4 Å². The maximum absolute atomic E-state index is 12.9. The van der Waals surface area contributed by atoms with E-state index in [1.165, 1.54) is 0 Å². The van der Waals surface area contributed by atoms with Gasteiger partial charge in [-0.15, -0.1) is 0 Å². The molecular weight excluding hydrogens is 410 g/mol. The highest BCUT2D eigenvalue weighted by molar-refractivity contribution is 5.95. The molecule has 1 amide bonds. The van der Waals surface area contributed by atoms with E-state index in [0.29, 0.717) is 28.9 Å². The van der Waals surface area contributed by atoms with Gasteiger partial charge in [0, 0.05) is 18.4 Å². The predicted octanol–water partition coefficient (Wildman–Crippen LogP) is 3.57. The second-order valence-corrected chi connectivity index (χ2v) is 8.32. The Balaban J connectivity index is 1.26. The van der Waals surface area contributed by atoms with Crippen LogP contribution in [0.3, 0.4) is 0 Å². The molecule has 0 saturated heterocycles. The molecule has 1 aliphatic heterocycles. The van der Waals surface area contributed by atoms with E-state index < -0.39 is 17.6 Å². The van der Waals surface area contributed by atoms with Crippen LogP contribution < -0.4 is 20.4 Å². The predicted molar refractivity (Wildman–Crippen MR) is 116 cm³/mol. The number of rotatable bonds is 4. The molecule has 1 atom stereocenters. The van der Waals surface area contributed by atoms with Gasteiger partial charge in [0.25, 0.3) is 5.91 Å². The van der Waals surface area contributed by atoms with Gasteiger partial charge in [-0.1, -0.05) is 12.1 Å². The molecule has 2 aliphatic rings. The Morgan fingerprint density at radius 2 is 1.91 bits per heavy atom. The molecule has 0 radical (unpaired) electrons. The Kier molecular flexibility index (Phi) is 5.43. The average molecular weight is 435 g/mol. The molecule has 32 heavy (non-hydrogen) atoms. The highest BCUT2D eigenvalue weighted by Gasteiger charge is 2.29. The van der Waals surface area contributed by atoms with Crippen molar-refractivity contribution in [2.24, 2.45) is 0 Å². The number of amides is 1. The van der Waals surface area contributed by atoms with E-state index in [-0.39, 0.29) is 18.2 Å². The van der Waals surface area contributed by atoms with E-state index in [4.69, 9.17) is 13.9 Å². The smallest absolute Gasteiger partial charge is 0.349 e. The third-order valence-corrected chi connectivity index (χ3v) is 6.15.